The second-order valence-corrected chi connectivity index (χ2v) is 26.0. The molecule has 7 N–H and O–H groups in total. The van der Waals surface area contributed by atoms with Gasteiger partial charge in [-0.25, -0.2) is 15.0 Å². The maximum atomic E-state index is 13.5. The van der Waals surface area contributed by atoms with Crippen molar-refractivity contribution in [2.24, 2.45) is 0 Å². The Morgan fingerprint density at radius 2 is 0.856 bits per heavy atom. The van der Waals surface area contributed by atoms with Crippen molar-refractivity contribution in [2.75, 3.05) is 35.6 Å². The molecule has 0 saturated carbocycles. The SMILES string of the molecule is C[C@H](O)c1cccc(NC(=O)c2nc(Cc3ccccc3)n3c2CN(C(=O)c2ccc[nH]2)CC3)c1.Cc1ccc(NC(=O)c2nc(-c3cccc4ccccc34)n3c2CN(C(=O)c2ccc[nH]2)CC3)cc1.Cc1cccc(NC(=O)c2nc(Cc3ccccc3)n3c2CN(C(=O)c2ccc[nH]2)CC3)c1. The first-order chi connectivity index (χ1) is 50.7. The van der Waals surface area contributed by atoms with Crippen molar-refractivity contribution in [1.82, 2.24) is 58.3 Å². The second-order valence-electron chi connectivity index (χ2n) is 26.0. The number of nitrogens with one attached hydrogen (secondary N) is 6. The monoisotopic (exact) mass is 1380 g/mol. The number of anilines is 3. The number of carbonyl (C=O) groups is 6. The van der Waals surface area contributed by atoms with E-state index in [0.29, 0.717) is 122 Å². The predicted octanol–water partition coefficient (Wildman–Crippen LogP) is 13.0. The number of aliphatic hydroxyl groups excluding tert-OH is 1. The van der Waals surface area contributed by atoms with E-state index in [1.807, 2.05) is 135 Å². The van der Waals surface area contributed by atoms with E-state index in [1.54, 1.807) is 101 Å². The van der Waals surface area contributed by atoms with Crippen molar-refractivity contribution in [3.63, 3.8) is 0 Å². The fourth-order valence-corrected chi connectivity index (χ4v) is 13.5. The smallest absolute Gasteiger partial charge is 0.276 e. The van der Waals surface area contributed by atoms with Crippen molar-refractivity contribution in [1.29, 1.82) is 0 Å². The molecular weight excluding hydrogens is 1310 g/mol. The Kier molecular flexibility index (Phi) is 20.0. The topological polar surface area (TPSA) is 269 Å². The molecule has 3 aliphatic rings. The van der Waals surface area contributed by atoms with Gasteiger partial charge in [0.2, 0.25) is 0 Å². The summed E-state index contributed by atoms with van der Waals surface area (Å²) < 4.78 is 6.24. The molecule has 13 aromatic rings. The number of amides is 6. The van der Waals surface area contributed by atoms with E-state index >= 15 is 0 Å². The summed E-state index contributed by atoms with van der Waals surface area (Å²) in [5.41, 5.74) is 12.9. The molecular formula is C82H77N15O7. The highest BCUT2D eigenvalue weighted by molar-refractivity contribution is 6.06. The van der Waals surface area contributed by atoms with E-state index < -0.39 is 6.10 Å². The zero-order valence-corrected chi connectivity index (χ0v) is 57.7. The first-order valence-corrected chi connectivity index (χ1v) is 34.6. The van der Waals surface area contributed by atoms with E-state index in [0.717, 1.165) is 73.1 Å². The summed E-state index contributed by atoms with van der Waals surface area (Å²) in [7, 11) is 0. The molecule has 22 heteroatoms. The van der Waals surface area contributed by atoms with Gasteiger partial charge in [0.25, 0.3) is 35.4 Å². The summed E-state index contributed by atoms with van der Waals surface area (Å²) in [5.74, 6) is 1.18. The van der Waals surface area contributed by atoms with Crippen LogP contribution in [0.25, 0.3) is 22.2 Å². The number of hydrogen-bond donors (Lipinski definition) is 7. The number of carbonyl (C=O) groups excluding carboxylic acids is 6. The Bertz CT molecular complexity index is 5250. The maximum Gasteiger partial charge on any atom is 0.276 e. The van der Waals surface area contributed by atoms with Crippen LogP contribution in [0.1, 0.15) is 133 Å². The highest BCUT2D eigenvalue weighted by atomic mass is 16.3. The number of hydrogen-bond acceptors (Lipinski definition) is 10. The van der Waals surface area contributed by atoms with Crippen LogP contribution in [0, 0.1) is 13.8 Å². The van der Waals surface area contributed by atoms with Crippen LogP contribution in [0.5, 0.6) is 0 Å². The van der Waals surface area contributed by atoms with Crippen LogP contribution < -0.4 is 16.0 Å². The van der Waals surface area contributed by atoms with Crippen molar-refractivity contribution >= 4 is 63.3 Å². The minimum absolute atomic E-state index is 0.0814. The predicted molar refractivity (Wildman–Crippen MR) is 398 cm³/mol. The third kappa shape index (κ3) is 15.1. The largest absolute Gasteiger partial charge is 0.389 e. The maximum absolute atomic E-state index is 13.5. The molecule has 0 radical (unpaired) electrons. The second kappa shape index (κ2) is 30.5. The summed E-state index contributed by atoms with van der Waals surface area (Å²) in [4.78, 5) is 108. The molecule has 104 heavy (non-hydrogen) atoms. The molecule has 522 valence electrons. The Balaban J connectivity index is 0.000000132. The number of rotatable bonds is 15. The van der Waals surface area contributed by atoms with Crippen LogP contribution in [0.4, 0.5) is 17.1 Å². The van der Waals surface area contributed by atoms with Gasteiger partial charge in [0.05, 0.1) is 42.8 Å². The molecule has 6 amide bonds. The zero-order valence-electron chi connectivity index (χ0n) is 57.7. The van der Waals surface area contributed by atoms with Gasteiger partial charge in [-0.05, 0) is 127 Å². The van der Waals surface area contributed by atoms with Gasteiger partial charge in [-0.15, -0.1) is 0 Å². The lowest BCUT2D eigenvalue weighted by Crippen LogP contribution is -2.39. The van der Waals surface area contributed by atoms with Gasteiger partial charge >= 0.3 is 0 Å². The summed E-state index contributed by atoms with van der Waals surface area (Å²) >= 11 is 0. The van der Waals surface area contributed by atoms with Crippen molar-refractivity contribution in [3.05, 3.63) is 322 Å². The average Bonchev–Trinajstić information content (AvgIpc) is 1.64. The molecule has 9 heterocycles. The van der Waals surface area contributed by atoms with Gasteiger partial charge in [0.15, 0.2) is 17.1 Å². The summed E-state index contributed by atoms with van der Waals surface area (Å²) in [6.45, 7) is 9.89. The van der Waals surface area contributed by atoms with Crippen LogP contribution in [0.3, 0.4) is 0 Å². The third-order valence-corrected chi connectivity index (χ3v) is 18.8. The van der Waals surface area contributed by atoms with Gasteiger partial charge < -0.3 is 64.4 Å². The van der Waals surface area contributed by atoms with Gasteiger partial charge in [-0.1, -0.05) is 145 Å². The third-order valence-electron chi connectivity index (χ3n) is 18.8. The number of aromatic amines is 3. The Morgan fingerprint density at radius 1 is 0.423 bits per heavy atom. The Labute approximate surface area is 600 Å². The Hall–Kier alpha value is -13.0. The lowest BCUT2D eigenvalue weighted by Gasteiger charge is -2.29. The van der Waals surface area contributed by atoms with Crippen LogP contribution in [0.15, 0.2) is 231 Å². The molecule has 16 rings (SSSR count). The van der Waals surface area contributed by atoms with Crippen LogP contribution >= 0.6 is 0 Å². The molecule has 0 unspecified atom stereocenters. The molecule has 0 aliphatic carbocycles. The zero-order chi connectivity index (χ0) is 71.8. The van der Waals surface area contributed by atoms with Crippen molar-refractivity contribution in [3.8, 4) is 11.4 Å². The quantitative estimate of drug-likeness (QED) is 0.0510. The Morgan fingerprint density at radius 3 is 1.35 bits per heavy atom. The van der Waals surface area contributed by atoms with Crippen LogP contribution in [-0.2, 0) is 52.1 Å². The minimum Gasteiger partial charge on any atom is -0.389 e. The first-order valence-electron chi connectivity index (χ1n) is 34.6. The lowest BCUT2D eigenvalue weighted by atomic mass is 10.0. The molecule has 7 aromatic carbocycles. The molecule has 0 saturated heterocycles. The standard InChI is InChI=1S/C29H25N5O2.C27H27N5O3.C26H25N5O2/c1-19-11-13-21(14-12-19)31-28(35)26-25-18-33(29(36)24-10-5-15-30-24)16-17-34(25)27(32-26)23-9-4-7-20-6-2-3-8-22(20)23;1-18(33)20-9-5-10-21(16-20)29-26(34)25-23-17-31(27(35)22-11-6-12-28-22)13-14-32(23)24(30-25)15-19-7-3-2-4-8-19;1-18-7-5-10-20(15-18)28-25(32)24-22-17-30(26(33)21-11-6-12-27-21)13-14-31(22)23(29-24)16-19-8-3-2-4-9-19/h2-15,30H,16-18H2,1H3,(H,31,35);2-12,16,18,28,33H,13-15,17H2,1H3,(H,29,34);2-12,15,27H,13-14,16-17H2,1H3,(H,28,32)/t;18-;/m.0./s1. The number of imidazole rings is 3. The fourth-order valence-electron chi connectivity index (χ4n) is 13.5. The summed E-state index contributed by atoms with van der Waals surface area (Å²) in [6, 6.07) is 67.5. The number of aliphatic hydroxyl groups is 1. The number of aryl methyl sites for hydroxylation is 2. The van der Waals surface area contributed by atoms with Crippen molar-refractivity contribution in [2.45, 2.75) is 79.0 Å². The fraction of sp³-hybridized carbons (Fsp3) is 0.183. The average molecular weight is 1380 g/mol. The van der Waals surface area contributed by atoms with Crippen LogP contribution in [0.2, 0.25) is 0 Å². The number of nitrogens with zero attached hydrogens (tertiary/aromatic N) is 9. The van der Waals surface area contributed by atoms with E-state index in [4.69, 9.17) is 15.0 Å². The van der Waals surface area contributed by atoms with Crippen molar-refractivity contribution < 1.29 is 33.9 Å². The van der Waals surface area contributed by atoms with E-state index in [-0.39, 0.29) is 42.0 Å². The molecule has 1 atom stereocenters. The number of fused-ring (bicyclic) bond motifs is 4. The molecule has 0 spiro atoms. The highest BCUT2D eigenvalue weighted by Crippen LogP contribution is 2.34. The number of benzene rings is 7. The first kappa shape index (κ1) is 68.2. The molecule has 0 bridgehead atoms. The van der Waals surface area contributed by atoms with Gasteiger partial charge in [0.1, 0.15) is 34.6 Å². The highest BCUT2D eigenvalue weighted by Gasteiger charge is 2.34. The summed E-state index contributed by atoms with van der Waals surface area (Å²) in [6.07, 6.45) is 5.76. The van der Waals surface area contributed by atoms with Gasteiger partial charge in [0, 0.05) is 93.3 Å². The van der Waals surface area contributed by atoms with E-state index in [1.165, 1.54) is 0 Å². The molecule has 0 fully saturated rings. The van der Waals surface area contributed by atoms with Crippen LogP contribution in [-0.4, -0.2) is 118 Å². The lowest BCUT2D eigenvalue weighted by molar-refractivity contribution is 0.0696. The number of aromatic nitrogens is 9. The molecule has 22 nitrogen and oxygen atoms in total. The molecule has 6 aromatic heterocycles. The summed E-state index contributed by atoms with van der Waals surface area (Å²) in [5, 5.41) is 20.9. The van der Waals surface area contributed by atoms with E-state index in [2.05, 4.69) is 74.9 Å². The number of H-pyrrole nitrogens is 3. The minimum atomic E-state index is -0.641. The van der Waals surface area contributed by atoms with E-state index in [9.17, 15) is 33.9 Å². The molecule has 3 aliphatic heterocycles. The van der Waals surface area contributed by atoms with Gasteiger partial charge in [-0.2, -0.15) is 0 Å². The van der Waals surface area contributed by atoms with Gasteiger partial charge in [-0.3, -0.25) is 28.8 Å². The normalized spacial score (nSPS) is 13.2.